The fourth-order valence-electron chi connectivity index (χ4n) is 2.27. The Morgan fingerprint density at radius 1 is 1.18 bits per heavy atom. The van der Waals surface area contributed by atoms with Crippen molar-refractivity contribution in [2.45, 2.75) is 6.92 Å². The maximum absolute atomic E-state index is 13.0. The van der Waals surface area contributed by atoms with E-state index in [2.05, 4.69) is 10.2 Å². The zero-order valence-corrected chi connectivity index (χ0v) is 11.8. The van der Waals surface area contributed by atoms with Crippen molar-refractivity contribution in [2.24, 2.45) is 0 Å². The Balaban J connectivity index is 2.05. The van der Waals surface area contributed by atoms with Crippen molar-refractivity contribution in [3.63, 3.8) is 0 Å². The van der Waals surface area contributed by atoms with Crippen molar-refractivity contribution in [3.8, 4) is 17.0 Å². The minimum absolute atomic E-state index is 0.0670. The number of carbonyl (C=O) groups excluding carboxylic acids is 1. The second-order valence-electron chi connectivity index (χ2n) is 5.02. The van der Waals surface area contributed by atoms with Gasteiger partial charge in [0.15, 0.2) is 5.78 Å². The molecule has 0 fully saturated rings. The summed E-state index contributed by atoms with van der Waals surface area (Å²) in [6, 6.07) is 10.5. The second-order valence-corrected chi connectivity index (χ2v) is 5.02. The summed E-state index contributed by atoms with van der Waals surface area (Å²) in [7, 11) is 0. The number of H-pyrrole nitrogens is 1. The van der Waals surface area contributed by atoms with Crippen LogP contribution in [-0.4, -0.2) is 21.1 Å². The number of carbonyl (C=O) groups is 1. The van der Waals surface area contributed by atoms with Gasteiger partial charge in [0.1, 0.15) is 11.6 Å². The molecule has 3 aromatic rings. The Hall–Kier alpha value is -2.95. The Kier molecular flexibility index (Phi) is 3.47. The van der Waals surface area contributed by atoms with Crippen molar-refractivity contribution in [1.82, 2.24) is 10.2 Å². The molecule has 1 aromatic heterocycles. The van der Waals surface area contributed by atoms with Crippen LogP contribution >= 0.6 is 0 Å². The summed E-state index contributed by atoms with van der Waals surface area (Å²) in [5.41, 5.74) is 2.52. The Bertz CT molecular complexity index is 838. The fourth-order valence-corrected chi connectivity index (χ4v) is 2.27. The van der Waals surface area contributed by atoms with Crippen LogP contribution in [0.25, 0.3) is 11.3 Å². The molecule has 0 atom stereocenters. The molecular weight excluding hydrogens is 283 g/mol. The van der Waals surface area contributed by atoms with Gasteiger partial charge >= 0.3 is 0 Å². The van der Waals surface area contributed by atoms with Gasteiger partial charge in [-0.05, 0) is 48.9 Å². The number of phenolic OH excluding ortho intramolecular Hbond substituents is 1. The molecule has 0 spiro atoms. The van der Waals surface area contributed by atoms with E-state index in [1.54, 1.807) is 12.1 Å². The summed E-state index contributed by atoms with van der Waals surface area (Å²) in [6.07, 6.45) is 1.40. The first-order chi connectivity index (χ1) is 10.6. The van der Waals surface area contributed by atoms with Gasteiger partial charge in [-0.3, -0.25) is 9.89 Å². The lowest BCUT2D eigenvalue weighted by Gasteiger charge is -2.06. The monoisotopic (exact) mass is 296 g/mol. The quantitative estimate of drug-likeness (QED) is 0.727. The molecule has 4 nitrogen and oxygen atoms in total. The number of aryl methyl sites for hydroxylation is 1. The molecule has 0 radical (unpaired) electrons. The van der Waals surface area contributed by atoms with E-state index in [1.807, 2.05) is 13.0 Å². The number of aromatic amines is 1. The van der Waals surface area contributed by atoms with Crippen LogP contribution in [0.5, 0.6) is 5.75 Å². The van der Waals surface area contributed by atoms with Crippen LogP contribution in [-0.2, 0) is 0 Å². The number of hydrogen-bond acceptors (Lipinski definition) is 3. The Morgan fingerprint density at radius 3 is 2.59 bits per heavy atom. The first-order valence-electron chi connectivity index (χ1n) is 6.70. The van der Waals surface area contributed by atoms with Gasteiger partial charge in [0.25, 0.3) is 0 Å². The minimum atomic E-state index is -0.403. The highest BCUT2D eigenvalue weighted by Gasteiger charge is 2.19. The summed E-state index contributed by atoms with van der Waals surface area (Å²) in [4.78, 5) is 12.5. The number of ketones is 1. The van der Waals surface area contributed by atoms with Crippen molar-refractivity contribution in [3.05, 3.63) is 71.2 Å². The van der Waals surface area contributed by atoms with E-state index in [-0.39, 0.29) is 11.5 Å². The smallest absolute Gasteiger partial charge is 0.196 e. The predicted octanol–water partition coefficient (Wildman–Crippen LogP) is 3.46. The van der Waals surface area contributed by atoms with Gasteiger partial charge < -0.3 is 5.11 Å². The van der Waals surface area contributed by atoms with Crippen molar-refractivity contribution in [1.29, 1.82) is 0 Å². The predicted molar refractivity (Wildman–Crippen MR) is 80.3 cm³/mol. The van der Waals surface area contributed by atoms with E-state index in [1.165, 1.54) is 30.5 Å². The molecule has 0 aliphatic carbocycles. The van der Waals surface area contributed by atoms with Crippen LogP contribution in [0.3, 0.4) is 0 Å². The van der Waals surface area contributed by atoms with E-state index in [0.717, 1.165) is 5.56 Å². The van der Waals surface area contributed by atoms with E-state index in [0.29, 0.717) is 22.4 Å². The third-order valence-electron chi connectivity index (χ3n) is 3.41. The molecule has 5 heteroatoms. The lowest BCUT2D eigenvalue weighted by atomic mass is 9.99. The van der Waals surface area contributed by atoms with Crippen LogP contribution in [0.1, 0.15) is 21.5 Å². The van der Waals surface area contributed by atoms with Crippen LogP contribution in [0.15, 0.2) is 48.7 Å². The van der Waals surface area contributed by atoms with Gasteiger partial charge in [-0.15, -0.1) is 0 Å². The third-order valence-corrected chi connectivity index (χ3v) is 3.41. The van der Waals surface area contributed by atoms with E-state index >= 15 is 0 Å². The van der Waals surface area contributed by atoms with Crippen molar-refractivity contribution < 1.29 is 14.3 Å². The SMILES string of the molecule is Cc1ccc(-c2[nH]ncc2C(=O)c2ccc(F)cc2)c(O)c1. The van der Waals surface area contributed by atoms with Crippen LogP contribution < -0.4 is 0 Å². The number of hydrogen-bond donors (Lipinski definition) is 2. The molecule has 110 valence electrons. The first-order valence-corrected chi connectivity index (χ1v) is 6.70. The van der Waals surface area contributed by atoms with Gasteiger partial charge in [-0.2, -0.15) is 5.10 Å². The van der Waals surface area contributed by atoms with Gasteiger partial charge in [-0.25, -0.2) is 4.39 Å². The molecule has 1 heterocycles. The van der Waals surface area contributed by atoms with Gasteiger partial charge in [0.2, 0.25) is 0 Å². The maximum Gasteiger partial charge on any atom is 0.196 e. The highest BCUT2D eigenvalue weighted by atomic mass is 19.1. The van der Waals surface area contributed by atoms with Gasteiger partial charge in [0, 0.05) is 11.1 Å². The number of rotatable bonds is 3. The van der Waals surface area contributed by atoms with Crippen LogP contribution in [0.4, 0.5) is 4.39 Å². The molecule has 0 aliphatic heterocycles. The average molecular weight is 296 g/mol. The molecule has 0 saturated heterocycles. The van der Waals surface area contributed by atoms with Crippen molar-refractivity contribution >= 4 is 5.78 Å². The van der Waals surface area contributed by atoms with E-state index in [4.69, 9.17) is 0 Å². The lowest BCUT2D eigenvalue weighted by molar-refractivity contribution is 0.103. The van der Waals surface area contributed by atoms with E-state index in [9.17, 15) is 14.3 Å². The topological polar surface area (TPSA) is 66.0 Å². The number of phenols is 1. The summed E-state index contributed by atoms with van der Waals surface area (Å²) in [5.74, 6) is -0.624. The zero-order chi connectivity index (χ0) is 15.7. The summed E-state index contributed by atoms with van der Waals surface area (Å²) >= 11 is 0. The molecule has 0 aliphatic rings. The second kappa shape index (κ2) is 5.44. The summed E-state index contributed by atoms with van der Waals surface area (Å²) in [6.45, 7) is 1.86. The summed E-state index contributed by atoms with van der Waals surface area (Å²) < 4.78 is 13.0. The Labute approximate surface area is 126 Å². The molecule has 0 unspecified atom stereocenters. The third kappa shape index (κ3) is 2.48. The van der Waals surface area contributed by atoms with E-state index < -0.39 is 5.82 Å². The molecule has 0 saturated carbocycles. The van der Waals surface area contributed by atoms with Crippen molar-refractivity contribution in [2.75, 3.05) is 0 Å². The molecule has 2 N–H and O–H groups in total. The van der Waals surface area contributed by atoms with Gasteiger partial charge in [0.05, 0.1) is 17.5 Å². The molecule has 0 amide bonds. The fraction of sp³-hybridized carbons (Fsp3) is 0.0588. The minimum Gasteiger partial charge on any atom is -0.507 e. The Morgan fingerprint density at radius 2 is 1.91 bits per heavy atom. The lowest BCUT2D eigenvalue weighted by Crippen LogP contribution is -2.02. The van der Waals surface area contributed by atoms with Crippen LogP contribution in [0, 0.1) is 12.7 Å². The highest BCUT2D eigenvalue weighted by Crippen LogP contribution is 2.31. The maximum atomic E-state index is 13.0. The molecule has 22 heavy (non-hydrogen) atoms. The zero-order valence-electron chi connectivity index (χ0n) is 11.8. The molecule has 3 rings (SSSR count). The number of aromatic hydroxyl groups is 1. The summed E-state index contributed by atoms with van der Waals surface area (Å²) in [5, 5.41) is 16.7. The normalized spacial score (nSPS) is 10.6. The number of benzene rings is 2. The first kappa shape index (κ1) is 14.0. The number of nitrogens with one attached hydrogen (secondary N) is 1. The number of nitrogens with zero attached hydrogens (tertiary/aromatic N) is 1. The van der Waals surface area contributed by atoms with Crippen LogP contribution in [0.2, 0.25) is 0 Å². The molecule has 2 aromatic carbocycles. The number of halogens is 1. The molecule has 0 bridgehead atoms. The van der Waals surface area contributed by atoms with Gasteiger partial charge in [-0.1, -0.05) is 6.07 Å². The average Bonchev–Trinajstić information content (AvgIpc) is 2.96. The highest BCUT2D eigenvalue weighted by molar-refractivity contribution is 6.12. The standard InChI is InChI=1S/C17H13FN2O2/c1-10-2-7-13(15(21)8-10)16-14(9-19-20-16)17(22)11-3-5-12(18)6-4-11/h2-9,21H,1H3,(H,19,20). The molecular formula is C17H13FN2O2. The largest absolute Gasteiger partial charge is 0.507 e. The number of aromatic nitrogens is 2.